The average molecular weight is 289 g/mol. The predicted molar refractivity (Wildman–Crippen MR) is 86.0 cm³/mol. The average Bonchev–Trinajstić information content (AvgIpc) is 3.30. The zero-order chi connectivity index (χ0) is 15.1. The maximum atomic E-state index is 12.2. The van der Waals surface area contributed by atoms with Crippen LogP contribution in [0.4, 0.5) is 0 Å². The van der Waals surface area contributed by atoms with E-state index in [2.05, 4.69) is 29.2 Å². The Labute approximate surface area is 127 Å². The summed E-state index contributed by atoms with van der Waals surface area (Å²) >= 11 is 0. The number of nitrogens with zero attached hydrogens (tertiary/aromatic N) is 2. The van der Waals surface area contributed by atoms with Crippen LogP contribution >= 0.6 is 0 Å². The van der Waals surface area contributed by atoms with Crippen LogP contribution in [-0.4, -0.2) is 55.5 Å². The number of nitrogens with two attached hydrogens (primary N) is 1. The van der Waals surface area contributed by atoms with Crippen LogP contribution in [-0.2, 0) is 11.2 Å². The molecule has 1 aromatic rings. The van der Waals surface area contributed by atoms with Gasteiger partial charge in [0.2, 0.25) is 5.91 Å². The molecule has 4 nitrogen and oxygen atoms in total. The molecule has 0 unspecified atom stereocenters. The summed E-state index contributed by atoms with van der Waals surface area (Å²) in [7, 11) is 1.92. The van der Waals surface area contributed by atoms with Gasteiger partial charge in [-0.25, -0.2) is 0 Å². The van der Waals surface area contributed by atoms with Crippen LogP contribution in [0.2, 0.25) is 0 Å². The minimum Gasteiger partial charge on any atom is -0.344 e. The monoisotopic (exact) mass is 289 g/mol. The Morgan fingerprint density at radius 1 is 1.24 bits per heavy atom. The summed E-state index contributed by atoms with van der Waals surface area (Å²) in [6.07, 6.45) is 3.51. The molecule has 1 aliphatic rings. The number of amides is 1. The fraction of sp³-hybridized carbons (Fsp3) is 0.588. The molecule has 0 bridgehead atoms. The first kappa shape index (κ1) is 16.0. The molecule has 0 atom stereocenters. The topological polar surface area (TPSA) is 49.6 Å². The van der Waals surface area contributed by atoms with Gasteiger partial charge >= 0.3 is 0 Å². The molecule has 1 aliphatic carbocycles. The van der Waals surface area contributed by atoms with E-state index >= 15 is 0 Å². The van der Waals surface area contributed by atoms with Gasteiger partial charge in [-0.15, -0.1) is 0 Å². The van der Waals surface area contributed by atoms with Gasteiger partial charge in [-0.05, 0) is 30.7 Å². The number of rotatable bonds is 9. The lowest BCUT2D eigenvalue weighted by atomic mass is 10.1. The summed E-state index contributed by atoms with van der Waals surface area (Å²) in [5.74, 6) is 0.953. The first-order valence-electron chi connectivity index (χ1n) is 7.89. The molecule has 1 amide bonds. The molecular weight excluding hydrogens is 262 g/mol. The Kier molecular flexibility index (Phi) is 6.21. The van der Waals surface area contributed by atoms with Crippen LogP contribution in [0.3, 0.4) is 0 Å². The molecule has 1 aromatic carbocycles. The second-order valence-electron chi connectivity index (χ2n) is 6.02. The zero-order valence-corrected chi connectivity index (χ0v) is 13.0. The minimum atomic E-state index is 0.211. The lowest BCUT2D eigenvalue weighted by Gasteiger charge is -2.24. The molecule has 2 rings (SSSR count). The Hall–Kier alpha value is -1.39. The van der Waals surface area contributed by atoms with E-state index in [-0.39, 0.29) is 5.91 Å². The summed E-state index contributed by atoms with van der Waals surface area (Å²) in [5, 5.41) is 0. The van der Waals surface area contributed by atoms with Crippen LogP contribution < -0.4 is 5.73 Å². The van der Waals surface area contributed by atoms with E-state index in [9.17, 15) is 4.79 Å². The van der Waals surface area contributed by atoms with E-state index in [0.29, 0.717) is 13.1 Å². The second kappa shape index (κ2) is 8.15. The Balaban J connectivity index is 1.78. The van der Waals surface area contributed by atoms with Gasteiger partial charge in [-0.3, -0.25) is 9.69 Å². The lowest BCUT2D eigenvalue weighted by molar-refractivity contribution is -0.131. The van der Waals surface area contributed by atoms with Crippen molar-refractivity contribution in [2.45, 2.75) is 19.3 Å². The molecule has 0 aliphatic heterocycles. The minimum absolute atomic E-state index is 0.211. The van der Waals surface area contributed by atoms with Crippen LogP contribution in [0.5, 0.6) is 0 Å². The van der Waals surface area contributed by atoms with Crippen LogP contribution in [0.15, 0.2) is 30.3 Å². The molecule has 21 heavy (non-hydrogen) atoms. The van der Waals surface area contributed by atoms with E-state index in [1.807, 2.05) is 18.0 Å². The molecule has 0 aromatic heterocycles. The van der Waals surface area contributed by atoms with Crippen LogP contribution in [0, 0.1) is 5.92 Å². The van der Waals surface area contributed by atoms with Crippen LogP contribution in [0.25, 0.3) is 0 Å². The lowest BCUT2D eigenvalue weighted by Crippen LogP contribution is -2.41. The molecule has 1 saturated carbocycles. The molecule has 4 heteroatoms. The van der Waals surface area contributed by atoms with E-state index in [0.717, 1.165) is 32.0 Å². The van der Waals surface area contributed by atoms with Crippen molar-refractivity contribution in [3.8, 4) is 0 Å². The van der Waals surface area contributed by atoms with E-state index in [4.69, 9.17) is 5.73 Å². The molecule has 0 radical (unpaired) electrons. The summed E-state index contributed by atoms with van der Waals surface area (Å²) in [5.41, 5.74) is 6.98. The summed E-state index contributed by atoms with van der Waals surface area (Å²) < 4.78 is 0. The highest BCUT2D eigenvalue weighted by Crippen LogP contribution is 2.29. The van der Waals surface area contributed by atoms with Gasteiger partial charge < -0.3 is 10.6 Å². The number of likely N-dealkylation sites (N-methyl/N-ethyl adjacent to an activating group) is 1. The zero-order valence-electron chi connectivity index (χ0n) is 13.0. The van der Waals surface area contributed by atoms with Crippen molar-refractivity contribution in [3.05, 3.63) is 35.9 Å². The molecule has 116 valence electrons. The Morgan fingerprint density at radius 3 is 2.57 bits per heavy atom. The van der Waals surface area contributed by atoms with Crippen molar-refractivity contribution >= 4 is 5.91 Å². The van der Waals surface area contributed by atoms with Gasteiger partial charge in [0, 0.05) is 33.2 Å². The maximum Gasteiger partial charge on any atom is 0.236 e. The van der Waals surface area contributed by atoms with Gasteiger partial charge in [0.15, 0.2) is 0 Å². The Morgan fingerprint density at radius 2 is 1.95 bits per heavy atom. The fourth-order valence-electron chi connectivity index (χ4n) is 2.49. The van der Waals surface area contributed by atoms with Crippen molar-refractivity contribution < 1.29 is 4.79 Å². The third kappa shape index (κ3) is 5.86. The molecule has 2 N–H and O–H groups in total. The summed E-state index contributed by atoms with van der Waals surface area (Å²) in [4.78, 5) is 16.3. The van der Waals surface area contributed by atoms with Crippen molar-refractivity contribution in [3.63, 3.8) is 0 Å². The van der Waals surface area contributed by atoms with Crippen molar-refractivity contribution in [1.29, 1.82) is 0 Å². The van der Waals surface area contributed by atoms with E-state index < -0.39 is 0 Å². The van der Waals surface area contributed by atoms with Gasteiger partial charge in [0.25, 0.3) is 0 Å². The third-order valence-electron chi connectivity index (χ3n) is 4.02. The number of benzene rings is 1. The van der Waals surface area contributed by atoms with Gasteiger partial charge in [-0.1, -0.05) is 30.3 Å². The molecule has 0 heterocycles. The molecule has 1 fully saturated rings. The predicted octanol–water partition coefficient (Wildman–Crippen LogP) is 1.36. The van der Waals surface area contributed by atoms with E-state index in [1.54, 1.807) is 0 Å². The number of carbonyl (C=O) groups excluding carboxylic acids is 1. The van der Waals surface area contributed by atoms with Crippen molar-refractivity contribution in [2.75, 3.05) is 39.8 Å². The van der Waals surface area contributed by atoms with Crippen molar-refractivity contribution in [2.24, 2.45) is 11.7 Å². The highest BCUT2D eigenvalue weighted by atomic mass is 16.2. The van der Waals surface area contributed by atoms with E-state index in [1.165, 1.54) is 18.4 Å². The van der Waals surface area contributed by atoms with Crippen molar-refractivity contribution in [1.82, 2.24) is 9.80 Å². The largest absolute Gasteiger partial charge is 0.344 e. The highest BCUT2D eigenvalue weighted by Gasteiger charge is 2.25. The normalized spacial score (nSPS) is 14.4. The molecule has 0 saturated heterocycles. The summed E-state index contributed by atoms with van der Waals surface area (Å²) in [6.45, 7) is 3.63. The summed E-state index contributed by atoms with van der Waals surface area (Å²) in [6, 6.07) is 10.4. The SMILES string of the molecule is CN(CC1CC1)C(=O)CN(CCN)CCc1ccccc1. The van der Waals surface area contributed by atoms with Gasteiger partial charge in [0.1, 0.15) is 0 Å². The van der Waals surface area contributed by atoms with Gasteiger partial charge in [-0.2, -0.15) is 0 Å². The standard InChI is InChI=1S/C17H27N3O/c1-19(13-16-7-8-16)17(21)14-20(12-10-18)11-9-15-5-3-2-4-6-15/h2-6,16H,7-14,18H2,1H3. The van der Waals surface area contributed by atoms with Gasteiger partial charge in [0.05, 0.1) is 6.54 Å². The first-order chi connectivity index (χ1) is 10.2. The Bertz CT molecular complexity index is 431. The molecular formula is C17H27N3O. The molecule has 0 spiro atoms. The maximum absolute atomic E-state index is 12.2. The first-order valence-corrected chi connectivity index (χ1v) is 7.89. The third-order valence-corrected chi connectivity index (χ3v) is 4.02. The quantitative estimate of drug-likeness (QED) is 0.747. The number of hydrogen-bond acceptors (Lipinski definition) is 3. The highest BCUT2D eigenvalue weighted by molar-refractivity contribution is 5.78. The second-order valence-corrected chi connectivity index (χ2v) is 6.02. The fourth-order valence-corrected chi connectivity index (χ4v) is 2.49. The number of carbonyl (C=O) groups is 1. The van der Waals surface area contributed by atoms with Crippen LogP contribution in [0.1, 0.15) is 18.4 Å². The smallest absolute Gasteiger partial charge is 0.236 e. The number of hydrogen-bond donors (Lipinski definition) is 1.